The van der Waals surface area contributed by atoms with Crippen LogP contribution < -0.4 is 5.32 Å². The molecule has 22 heavy (non-hydrogen) atoms. The summed E-state index contributed by atoms with van der Waals surface area (Å²) in [5.74, 6) is 0.245. The zero-order valence-electron chi connectivity index (χ0n) is 11.8. The van der Waals surface area contributed by atoms with Gasteiger partial charge in [-0.15, -0.1) is 0 Å². The summed E-state index contributed by atoms with van der Waals surface area (Å²) in [5.41, 5.74) is -0.939. The zero-order chi connectivity index (χ0) is 16.0. The average molecular weight is 334 g/mol. The average Bonchev–Trinajstić information content (AvgIpc) is 2.94. The largest absolute Gasteiger partial charge is 0.416 e. The Bertz CT molecular complexity index is 660. The quantitative estimate of drug-likeness (QED) is 0.901. The van der Waals surface area contributed by atoms with Gasteiger partial charge in [0.1, 0.15) is 0 Å². The summed E-state index contributed by atoms with van der Waals surface area (Å²) >= 11 is 0. The molecule has 1 aromatic rings. The van der Waals surface area contributed by atoms with Gasteiger partial charge in [-0.05, 0) is 43.5 Å². The molecule has 8 heteroatoms. The Morgan fingerprint density at radius 3 is 2.73 bits per heavy atom. The van der Waals surface area contributed by atoms with E-state index in [0.717, 1.165) is 25.1 Å². The fraction of sp³-hybridized carbons (Fsp3) is 0.571. The monoisotopic (exact) mass is 334 g/mol. The van der Waals surface area contributed by atoms with Crippen LogP contribution in [0.25, 0.3) is 0 Å². The van der Waals surface area contributed by atoms with Crippen molar-refractivity contribution < 1.29 is 21.6 Å². The molecule has 2 aliphatic rings. The number of piperidine rings is 1. The summed E-state index contributed by atoms with van der Waals surface area (Å²) in [6, 6.07) is 4.29. The van der Waals surface area contributed by atoms with Crippen LogP contribution in [-0.2, 0) is 16.2 Å². The Morgan fingerprint density at radius 1 is 1.23 bits per heavy atom. The molecule has 0 bridgehead atoms. The lowest BCUT2D eigenvalue weighted by Crippen LogP contribution is -2.46. The summed E-state index contributed by atoms with van der Waals surface area (Å²) < 4.78 is 64.8. The number of hydrogen-bond donors (Lipinski definition) is 1. The van der Waals surface area contributed by atoms with E-state index in [2.05, 4.69) is 5.32 Å². The number of nitrogens with one attached hydrogen (secondary N) is 1. The van der Waals surface area contributed by atoms with E-state index in [1.165, 1.54) is 10.4 Å². The number of halogens is 3. The van der Waals surface area contributed by atoms with Crippen LogP contribution in [0.15, 0.2) is 29.2 Å². The van der Waals surface area contributed by atoms with Crippen molar-refractivity contribution in [3.63, 3.8) is 0 Å². The van der Waals surface area contributed by atoms with Gasteiger partial charge in [0.2, 0.25) is 10.0 Å². The molecule has 0 aromatic heterocycles. The smallest absolute Gasteiger partial charge is 0.314 e. The van der Waals surface area contributed by atoms with Crippen molar-refractivity contribution in [3.05, 3.63) is 29.8 Å². The SMILES string of the molecule is O=S(=O)(c1cccc(C(F)(F)F)c1)N1CCC2NCCC2C1. The molecule has 3 rings (SSSR count). The predicted molar refractivity (Wildman–Crippen MR) is 74.7 cm³/mol. The first-order chi connectivity index (χ1) is 10.3. The second-order valence-electron chi connectivity index (χ2n) is 5.79. The number of rotatable bonds is 2. The molecule has 0 amide bonds. The van der Waals surface area contributed by atoms with Crippen LogP contribution in [0.3, 0.4) is 0 Å². The third kappa shape index (κ3) is 2.87. The number of nitrogens with zero attached hydrogens (tertiary/aromatic N) is 1. The lowest BCUT2D eigenvalue weighted by Gasteiger charge is -2.34. The van der Waals surface area contributed by atoms with Crippen molar-refractivity contribution in [2.24, 2.45) is 5.92 Å². The second-order valence-corrected chi connectivity index (χ2v) is 7.72. The second kappa shape index (κ2) is 5.50. The lowest BCUT2D eigenvalue weighted by atomic mass is 9.95. The van der Waals surface area contributed by atoms with Crippen LogP contribution in [0.1, 0.15) is 18.4 Å². The highest BCUT2D eigenvalue weighted by atomic mass is 32.2. The number of fused-ring (bicyclic) bond motifs is 1. The van der Waals surface area contributed by atoms with E-state index in [1.807, 2.05) is 0 Å². The Kier molecular flexibility index (Phi) is 3.94. The molecule has 1 N–H and O–H groups in total. The van der Waals surface area contributed by atoms with Gasteiger partial charge in [-0.1, -0.05) is 6.07 Å². The first-order valence-corrected chi connectivity index (χ1v) is 8.63. The van der Waals surface area contributed by atoms with Gasteiger partial charge in [-0.3, -0.25) is 0 Å². The van der Waals surface area contributed by atoms with E-state index in [-0.39, 0.29) is 10.8 Å². The van der Waals surface area contributed by atoms with Crippen LogP contribution in [0, 0.1) is 5.92 Å². The minimum Gasteiger partial charge on any atom is -0.314 e. The molecule has 0 spiro atoms. The van der Waals surface area contributed by atoms with Crippen molar-refractivity contribution in [2.45, 2.75) is 30.0 Å². The van der Waals surface area contributed by atoms with Gasteiger partial charge in [0.05, 0.1) is 10.5 Å². The first-order valence-electron chi connectivity index (χ1n) is 7.19. The molecular formula is C14H17F3N2O2S. The number of alkyl halides is 3. The third-order valence-corrected chi connectivity index (χ3v) is 6.28. The Hall–Kier alpha value is -1.12. The summed E-state index contributed by atoms with van der Waals surface area (Å²) in [6.45, 7) is 1.58. The minimum absolute atomic E-state index is 0.245. The zero-order valence-corrected chi connectivity index (χ0v) is 12.6. The van der Waals surface area contributed by atoms with Gasteiger partial charge < -0.3 is 5.32 Å². The molecule has 0 saturated carbocycles. The van der Waals surface area contributed by atoms with Crippen molar-refractivity contribution in [2.75, 3.05) is 19.6 Å². The highest BCUT2D eigenvalue weighted by Gasteiger charge is 2.38. The Balaban J connectivity index is 1.87. The van der Waals surface area contributed by atoms with Crippen LogP contribution in [0.4, 0.5) is 13.2 Å². The summed E-state index contributed by atoms with van der Waals surface area (Å²) in [4.78, 5) is -0.285. The summed E-state index contributed by atoms with van der Waals surface area (Å²) in [7, 11) is -3.88. The van der Waals surface area contributed by atoms with Crippen LogP contribution in [-0.4, -0.2) is 38.4 Å². The Labute approximate surface area is 127 Å². The van der Waals surface area contributed by atoms with Gasteiger partial charge in [-0.2, -0.15) is 17.5 Å². The minimum atomic E-state index is -4.55. The molecule has 2 fully saturated rings. The third-order valence-electron chi connectivity index (χ3n) is 4.42. The number of benzene rings is 1. The van der Waals surface area contributed by atoms with Gasteiger partial charge >= 0.3 is 6.18 Å². The van der Waals surface area contributed by atoms with E-state index in [1.54, 1.807) is 0 Å². The highest BCUT2D eigenvalue weighted by molar-refractivity contribution is 7.89. The molecule has 122 valence electrons. The molecule has 0 aliphatic carbocycles. The maximum absolute atomic E-state index is 12.8. The van der Waals surface area contributed by atoms with Gasteiger partial charge in [0.15, 0.2) is 0 Å². The van der Waals surface area contributed by atoms with Crippen LogP contribution >= 0.6 is 0 Å². The van der Waals surface area contributed by atoms with Crippen molar-refractivity contribution in [1.29, 1.82) is 0 Å². The molecule has 1 aromatic carbocycles. The molecule has 0 radical (unpaired) electrons. The predicted octanol–water partition coefficient (Wildman–Crippen LogP) is 2.08. The van der Waals surface area contributed by atoms with E-state index >= 15 is 0 Å². The molecular weight excluding hydrogens is 317 g/mol. The van der Waals surface area contributed by atoms with Crippen molar-refractivity contribution in [3.8, 4) is 0 Å². The van der Waals surface area contributed by atoms with Gasteiger partial charge in [0, 0.05) is 19.1 Å². The molecule has 2 unspecified atom stereocenters. The maximum atomic E-state index is 12.8. The van der Waals surface area contributed by atoms with E-state index in [0.29, 0.717) is 31.6 Å². The fourth-order valence-electron chi connectivity index (χ4n) is 3.21. The molecule has 2 aliphatic heterocycles. The lowest BCUT2D eigenvalue weighted by molar-refractivity contribution is -0.137. The fourth-order valence-corrected chi connectivity index (χ4v) is 4.77. The maximum Gasteiger partial charge on any atom is 0.416 e. The van der Waals surface area contributed by atoms with E-state index in [4.69, 9.17) is 0 Å². The number of hydrogen-bond acceptors (Lipinski definition) is 3. The van der Waals surface area contributed by atoms with Crippen molar-refractivity contribution in [1.82, 2.24) is 9.62 Å². The normalized spacial score (nSPS) is 26.9. The Morgan fingerprint density at radius 2 is 2.00 bits per heavy atom. The van der Waals surface area contributed by atoms with Gasteiger partial charge in [0.25, 0.3) is 0 Å². The molecule has 2 heterocycles. The van der Waals surface area contributed by atoms with Crippen LogP contribution in [0.2, 0.25) is 0 Å². The van der Waals surface area contributed by atoms with Crippen LogP contribution in [0.5, 0.6) is 0 Å². The highest BCUT2D eigenvalue weighted by Crippen LogP contribution is 2.33. The molecule has 4 nitrogen and oxygen atoms in total. The summed E-state index contributed by atoms with van der Waals surface area (Å²) in [5, 5.41) is 3.33. The van der Waals surface area contributed by atoms with E-state index < -0.39 is 21.8 Å². The number of sulfonamides is 1. The topological polar surface area (TPSA) is 49.4 Å². The standard InChI is InChI=1S/C14H17F3N2O2S/c15-14(16,17)11-2-1-3-12(8-11)22(20,21)19-7-5-13-10(9-19)4-6-18-13/h1-3,8,10,13,18H,4-7,9H2. The molecule has 2 atom stereocenters. The summed E-state index contributed by atoms with van der Waals surface area (Å²) in [6.07, 6.45) is -2.95. The molecule has 2 saturated heterocycles. The van der Waals surface area contributed by atoms with Gasteiger partial charge in [-0.25, -0.2) is 8.42 Å². The van der Waals surface area contributed by atoms with E-state index in [9.17, 15) is 21.6 Å². The first kappa shape index (κ1) is 15.8. The van der Waals surface area contributed by atoms with Crippen molar-refractivity contribution >= 4 is 10.0 Å².